The third-order valence-electron chi connectivity index (χ3n) is 2.68. The standard InChI is InChI=1S/C12H13N3O4S2/c1-7(11-15-10(6-20-11)12(16)17)14-8-2-4-9(5-3-8)21(13,18)19/h2-7,14H,1H3,(H,16,17)(H2,13,18,19). The monoisotopic (exact) mass is 327 g/mol. The molecule has 1 aromatic carbocycles. The van der Waals surface area contributed by atoms with Crippen LogP contribution >= 0.6 is 11.3 Å². The van der Waals surface area contributed by atoms with Crippen LogP contribution in [0.15, 0.2) is 34.5 Å². The molecule has 0 aliphatic rings. The zero-order chi connectivity index (χ0) is 15.6. The molecule has 0 fully saturated rings. The lowest BCUT2D eigenvalue weighted by molar-refractivity contribution is 0.0691. The molecule has 1 atom stereocenters. The van der Waals surface area contributed by atoms with E-state index >= 15 is 0 Å². The molecule has 7 nitrogen and oxygen atoms in total. The van der Waals surface area contributed by atoms with E-state index in [2.05, 4.69) is 10.3 Å². The van der Waals surface area contributed by atoms with Crippen molar-refractivity contribution in [1.82, 2.24) is 4.98 Å². The summed E-state index contributed by atoms with van der Waals surface area (Å²) >= 11 is 1.24. The second-order valence-corrected chi connectivity index (χ2v) is 6.76. The number of primary sulfonamides is 1. The Morgan fingerprint density at radius 1 is 1.38 bits per heavy atom. The number of rotatable bonds is 5. The van der Waals surface area contributed by atoms with Crippen molar-refractivity contribution in [1.29, 1.82) is 0 Å². The third-order valence-corrected chi connectivity index (χ3v) is 4.63. The summed E-state index contributed by atoms with van der Waals surface area (Å²) < 4.78 is 22.3. The van der Waals surface area contributed by atoms with Crippen molar-refractivity contribution in [3.8, 4) is 0 Å². The molecule has 1 aromatic heterocycles. The number of hydrogen-bond acceptors (Lipinski definition) is 6. The minimum Gasteiger partial charge on any atom is -0.476 e. The summed E-state index contributed by atoms with van der Waals surface area (Å²) in [7, 11) is -3.71. The first-order valence-corrected chi connectivity index (χ1v) is 8.28. The summed E-state index contributed by atoms with van der Waals surface area (Å²) in [6.07, 6.45) is 0. The highest BCUT2D eigenvalue weighted by molar-refractivity contribution is 7.89. The van der Waals surface area contributed by atoms with E-state index in [1.165, 1.54) is 28.8 Å². The molecular formula is C12H13N3O4S2. The van der Waals surface area contributed by atoms with E-state index in [9.17, 15) is 13.2 Å². The Kier molecular flexibility index (Phi) is 4.26. The summed E-state index contributed by atoms with van der Waals surface area (Å²) in [5, 5.41) is 19.1. The van der Waals surface area contributed by atoms with Gasteiger partial charge in [-0.25, -0.2) is 23.3 Å². The van der Waals surface area contributed by atoms with E-state index in [-0.39, 0.29) is 16.6 Å². The molecule has 4 N–H and O–H groups in total. The fraction of sp³-hybridized carbons (Fsp3) is 0.167. The van der Waals surface area contributed by atoms with E-state index in [1.54, 1.807) is 12.1 Å². The van der Waals surface area contributed by atoms with Crippen LogP contribution in [0.1, 0.15) is 28.5 Å². The normalized spacial score (nSPS) is 12.9. The van der Waals surface area contributed by atoms with E-state index in [4.69, 9.17) is 10.2 Å². The second kappa shape index (κ2) is 5.80. The van der Waals surface area contributed by atoms with Crippen LogP contribution in [0.25, 0.3) is 0 Å². The van der Waals surface area contributed by atoms with Crippen LogP contribution in [0.4, 0.5) is 5.69 Å². The molecule has 0 radical (unpaired) electrons. The Morgan fingerprint density at radius 2 is 2.00 bits per heavy atom. The second-order valence-electron chi connectivity index (χ2n) is 4.31. The van der Waals surface area contributed by atoms with Gasteiger partial charge in [0.1, 0.15) is 5.01 Å². The highest BCUT2D eigenvalue weighted by Gasteiger charge is 2.14. The number of thiazole rings is 1. The average Bonchev–Trinajstić information content (AvgIpc) is 2.88. The van der Waals surface area contributed by atoms with E-state index in [1.807, 2.05) is 6.92 Å². The predicted molar refractivity (Wildman–Crippen MR) is 78.9 cm³/mol. The maximum absolute atomic E-state index is 11.1. The SMILES string of the molecule is CC(Nc1ccc(S(N)(=O)=O)cc1)c1nc(C(=O)O)cs1. The lowest BCUT2D eigenvalue weighted by Crippen LogP contribution is -2.12. The van der Waals surface area contributed by atoms with E-state index in [0.717, 1.165) is 0 Å². The molecule has 2 aromatic rings. The van der Waals surface area contributed by atoms with Crippen molar-refractivity contribution < 1.29 is 18.3 Å². The lowest BCUT2D eigenvalue weighted by Gasteiger charge is -2.12. The van der Waals surface area contributed by atoms with Crippen LogP contribution in [0, 0.1) is 0 Å². The first kappa shape index (κ1) is 15.4. The number of benzene rings is 1. The Balaban J connectivity index is 2.12. The first-order chi connectivity index (χ1) is 9.77. The summed E-state index contributed by atoms with van der Waals surface area (Å²) in [4.78, 5) is 14.8. The molecular weight excluding hydrogens is 314 g/mol. The fourth-order valence-corrected chi connectivity index (χ4v) is 2.95. The number of nitrogens with zero attached hydrogens (tertiary/aromatic N) is 1. The molecule has 0 amide bonds. The molecule has 0 aliphatic carbocycles. The largest absolute Gasteiger partial charge is 0.476 e. The minimum atomic E-state index is -3.71. The number of hydrogen-bond donors (Lipinski definition) is 3. The van der Waals surface area contributed by atoms with Crippen LogP contribution in [-0.2, 0) is 10.0 Å². The van der Waals surface area contributed by atoms with Crippen molar-refractivity contribution in [2.45, 2.75) is 17.9 Å². The Bertz CT molecular complexity index is 753. The molecule has 0 spiro atoms. The molecule has 0 bridgehead atoms. The molecule has 0 saturated carbocycles. The van der Waals surface area contributed by atoms with Crippen LogP contribution in [0.5, 0.6) is 0 Å². The number of aromatic carboxylic acids is 1. The molecule has 9 heteroatoms. The number of aromatic nitrogens is 1. The molecule has 2 rings (SSSR count). The van der Waals surface area contributed by atoms with Gasteiger partial charge in [-0.2, -0.15) is 0 Å². The third kappa shape index (κ3) is 3.78. The Labute approximate surface area is 125 Å². The van der Waals surface area contributed by atoms with Crippen molar-refractivity contribution in [2.24, 2.45) is 5.14 Å². The zero-order valence-electron chi connectivity index (χ0n) is 11.0. The van der Waals surface area contributed by atoms with E-state index in [0.29, 0.717) is 10.7 Å². The van der Waals surface area contributed by atoms with Gasteiger partial charge in [0.15, 0.2) is 5.69 Å². The van der Waals surface area contributed by atoms with Gasteiger partial charge in [-0.05, 0) is 31.2 Å². The molecule has 1 heterocycles. The summed E-state index contributed by atoms with van der Waals surface area (Å²) in [6, 6.07) is 5.76. The molecule has 0 saturated heterocycles. The fourth-order valence-electron chi connectivity index (χ4n) is 1.64. The summed E-state index contributed by atoms with van der Waals surface area (Å²) in [5.41, 5.74) is 0.690. The van der Waals surface area contributed by atoms with Gasteiger partial charge in [0.05, 0.1) is 10.9 Å². The molecule has 0 aliphatic heterocycles. The van der Waals surface area contributed by atoms with Gasteiger partial charge in [-0.3, -0.25) is 0 Å². The van der Waals surface area contributed by atoms with Crippen molar-refractivity contribution in [3.63, 3.8) is 0 Å². The number of sulfonamides is 1. The maximum atomic E-state index is 11.1. The Hall–Kier alpha value is -1.97. The predicted octanol–water partition coefficient (Wildman–Crippen LogP) is 1.66. The highest BCUT2D eigenvalue weighted by atomic mass is 32.2. The number of nitrogens with two attached hydrogens (primary N) is 1. The number of carboxylic acid groups (broad SMARTS) is 1. The number of nitrogens with one attached hydrogen (secondary N) is 1. The first-order valence-electron chi connectivity index (χ1n) is 5.85. The van der Waals surface area contributed by atoms with Crippen LogP contribution in [-0.4, -0.2) is 24.5 Å². The number of carbonyl (C=O) groups is 1. The van der Waals surface area contributed by atoms with Gasteiger partial charge < -0.3 is 10.4 Å². The van der Waals surface area contributed by atoms with Crippen LogP contribution in [0.2, 0.25) is 0 Å². The van der Waals surface area contributed by atoms with Gasteiger partial charge in [0.25, 0.3) is 0 Å². The smallest absolute Gasteiger partial charge is 0.355 e. The average molecular weight is 327 g/mol. The maximum Gasteiger partial charge on any atom is 0.355 e. The minimum absolute atomic E-state index is 0.00761. The number of anilines is 1. The Morgan fingerprint density at radius 3 is 2.48 bits per heavy atom. The quantitative estimate of drug-likeness (QED) is 0.767. The van der Waals surface area contributed by atoms with Gasteiger partial charge in [0.2, 0.25) is 10.0 Å². The van der Waals surface area contributed by atoms with Gasteiger partial charge in [0, 0.05) is 11.1 Å². The van der Waals surface area contributed by atoms with Gasteiger partial charge >= 0.3 is 5.97 Å². The van der Waals surface area contributed by atoms with Crippen molar-refractivity contribution in [3.05, 3.63) is 40.3 Å². The van der Waals surface area contributed by atoms with Gasteiger partial charge in [-0.15, -0.1) is 11.3 Å². The molecule has 112 valence electrons. The van der Waals surface area contributed by atoms with E-state index < -0.39 is 16.0 Å². The van der Waals surface area contributed by atoms with Crippen molar-refractivity contribution >= 4 is 33.0 Å². The summed E-state index contributed by atoms with van der Waals surface area (Å²) in [5.74, 6) is -1.07. The number of carboxylic acids is 1. The topological polar surface area (TPSA) is 122 Å². The van der Waals surface area contributed by atoms with Crippen molar-refractivity contribution in [2.75, 3.05) is 5.32 Å². The highest BCUT2D eigenvalue weighted by Crippen LogP contribution is 2.23. The zero-order valence-corrected chi connectivity index (χ0v) is 12.6. The molecule has 1 unspecified atom stereocenters. The van der Waals surface area contributed by atoms with Crippen LogP contribution in [0.3, 0.4) is 0 Å². The summed E-state index contributed by atoms with van der Waals surface area (Å²) in [6.45, 7) is 1.83. The lowest BCUT2D eigenvalue weighted by atomic mass is 10.2. The van der Waals surface area contributed by atoms with Crippen LogP contribution < -0.4 is 10.5 Å². The molecule has 21 heavy (non-hydrogen) atoms. The van der Waals surface area contributed by atoms with Gasteiger partial charge in [-0.1, -0.05) is 0 Å².